The Morgan fingerprint density at radius 2 is 0.788 bits per heavy atom. The maximum absolute atomic E-state index is 14.7. The van der Waals surface area contributed by atoms with Gasteiger partial charge in [-0.25, -0.2) is 8.42 Å². The summed E-state index contributed by atoms with van der Waals surface area (Å²) in [6, 6.07) is 37.4. The monoisotopic (exact) mass is 454 g/mol. The summed E-state index contributed by atoms with van der Waals surface area (Å²) in [4.78, 5) is -3.07. The van der Waals surface area contributed by atoms with Crippen molar-refractivity contribution in [3.05, 3.63) is 144 Å². The van der Waals surface area contributed by atoms with E-state index in [1.165, 1.54) is 0 Å². The van der Waals surface area contributed by atoms with Crippen molar-refractivity contribution >= 4 is 9.84 Å². The summed E-state index contributed by atoms with van der Waals surface area (Å²) in [5.41, 5.74) is 2.86. The Labute approximate surface area is 193 Å². The SMILES string of the molecule is O=S(=O)(C1(c2ccccc2)OC1c1ccccc1)C1(c2ccccc2)OC1c1ccccc1. The van der Waals surface area contributed by atoms with Gasteiger partial charge in [0, 0.05) is 11.1 Å². The van der Waals surface area contributed by atoms with Gasteiger partial charge in [0.05, 0.1) is 0 Å². The van der Waals surface area contributed by atoms with Gasteiger partial charge in [0.15, 0.2) is 0 Å². The highest BCUT2D eigenvalue weighted by Crippen LogP contribution is 2.71. The van der Waals surface area contributed by atoms with Gasteiger partial charge in [0.25, 0.3) is 0 Å². The Morgan fingerprint density at radius 3 is 1.12 bits per heavy atom. The second-order valence-corrected chi connectivity index (χ2v) is 10.6. The Kier molecular flexibility index (Phi) is 4.56. The van der Waals surface area contributed by atoms with E-state index in [0.717, 1.165) is 11.1 Å². The zero-order valence-corrected chi connectivity index (χ0v) is 18.6. The van der Waals surface area contributed by atoms with Crippen LogP contribution in [0.4, 0.5) is 0 Å². The van der Waals surface area contributed by atoms with E-state index in [1.807, 2.05) is 121 Å². The van der Waals surface area contributed by atoms with E-state index in [4.69, 9.17) is 9.47 Å². The van der Waals surface area contributed by atoms with Crippen LogP contribution in [0, 0.1) is 0 Å². The number of hydrogen-bond donors (Lipinski definition) is 0. The molecule has 0 amide bonds. The topological polar surface area (TPSA) is 59.2 Å². The predicted octanol–water partition coefficient (Wildman–Crippen LogP) is 5.65. The van der Waals surface area contributed by atoms with E-state index >= 15 is 0 Å². The van der Waals surface area contributed by atoms with Crippen LogP contribution < -0.4 is 0 Å². The van der Waals surface area contributed by atoms with Gasteiger partial charge in [-0.2, -0.15) is 0 Å². The van der Waals surface area contributed by atoms with Crippen LogP contribution in [0.3, 0.4) is 0 Å². The lowest BCUT2D eigenvalue weighted by molar-refractivity contribution is 0.321. The van der Waals surface area contributed by atoms with Gasteiger partial charge in [0.1, 0.15) is 12.2 Å². The van der Waals surface area contributed by atoms with Gasteiger partial charge in [-0.15, -0.1) is 0 Å². The molecule has 0 spiro atoms. The van der Waals surface area contributed by atoms with E-state index in [0.29, 0.717) is 11.1 Å². The lowest BCUT2D eigenvalue weighted by atomic mass is 10.0. The van der Waals surface area contributed by atoms with Crippen LogP contribution in [-0.2, 0) is 29.2 Å². The van der Waals surface area contributed by atoms with Crippen LogP contribution in [0.2, 0.25) is 0 Å². The van der Waals surface area contributed by atoms with Gasteiger partial charge in [0.2, 0.25) is 19.7 Å². The molecule has 2 heterocycles. The van der Waals surface area contributed by atoms with Crippen LogP contribution in [0.25, 0.3) is 0 Å². The predicted molar refractivity (Wildman–Crippen MR) is 126 cm³/mol. The summed E-state index contributed by atoms with van der Waals surface area (Å²) in [5.74, 6) is 0. The number of benzene rings is 4. The molecule has 2 aliphatic rings. The molecule has 2 fully saturated rings. The minimum Gasteiger partial charge on any atom is -0.340 e. The molecule has 4 aromatic rings. The van der Waals surface area contributed by atoms with Crippen molar-refractivity contribution in [1.29, 1.82) is 0 Å². The van der Waals surface area contributed by atoms with Crippen LogP contribution in [0.1, 0.15) is 34.5 Å². The molecule has 2 saturated heterocycles. The molecule has 0 N–H and O–H groups in total. The number of rotatable bonds is 6. The van der Waals surface area contributed by atoms with Crippen molar-refractivity contribution in [1.82, 2.24) is 0 Å². The van der Waals surface area contributed by atoms with Gasteiger partial charge in [-0.3, -0.25) is 0 Å². The van der Waals surface area contributed by atoms with Crippen LogP contribution >= 0.6 is 0 Å². The summed E-state index contributed by atoms with van der Waals surface area (Å²) >= 11 is 0. The molecule has 5 heteroatoms. The highest BCUT2D eigenvalue weighted by molar-refractivity contribution is 7.93. The molecular formula is C28H22O4S. The van der Waals surface area contributed by atoms with Crippen LogP contribution in [0.15, 0.2) is 121 Å². The lowest BCUT2D eigenvalue weighted by Gasteiger charge is -2.22. The van der Waals surface area contributed by atoms with Gasteiger partial charge < -0.3 is 9.47 Å². The third kappa shape index (κ3) is 2.86. The molecule has 4 nitrogen and oxygen atoms in total. The fourth-order valence-electron chi connectivity index (χ4n) is 4.84. The maximum atomic E-state index is 14.7. The van der Waals surface area contributed by atoms with Gasteiger partial charge in [-0.1, -0.05) is 121 Å². The summed E-state index contributed by atoms with van der Waals surface area (Å²) in [7, 11) is -4.06. The summed E-state index contributed by atoms with van der Waals surface area (Å²) < 4.78 is 41.8. The fraction of sp³-hybridized carbons (Fsp3) is 0.143. The molecule has 164 valence electrons. The average molecular weight is 455 g/mol. The lowest BCUT2D eigenvalue weighted by Crippen LogP contribution is -2.35. The quantitative estimate of drug-likeness (QED) is 0.353. The van der Waals surface area contributed by atoms with Crippen molar-refractivity contribution in [2.45, 2.75) is 22.1 Å². The van der Waals surface area contributed by atoms with Crippen molar-refractivity contribution in [3.8, 4) is 0 Å². The summed E-state index contributed by atoms with van der Waals surface area (Å²) in [6.45, 7) is 0. The number of epoxide rings is 2. The number of hydrogen-bond acceptors (Lipinski definition) is 4. The zero-order chi connectivity index (χ0) is 22.5. The Balaban J connectivity index is 1.55. The van der Waals surface area contributed by atoms with E-state index in [9.17, 15) is 8.42 Å². The van der Waals surface area contributed by atoms with E-state index in [2.05, 4.69) is 0 Å². The van der Waals surface area contributed by atoms with Gasteiger partial charge in [-0.05, 0) is 11.1 Å². The number of ether oxygens (including phenoxy) is 2. The Hall–Kier alpha value is -3.25. The first-order valence-electron chi connectivity index (χ1n) is 10.9. The van der Waals surface area contributed by atoms with E-state index < -0.39 is 31.9 Å². The molecular weight excluding hydrogens is 432 g/mol. The van der Waals surface area contributed by atoms with Crippen LogP contribution in [-0.4, -0.2) is 8.42 Å². The van der Waals surface area contributed by atoms with Crippen molar-refractivity contribution in [3.63, 3.8) is 0 Å². The third-order valence-electron chi connectivity index (χ3n) is 6.52. The molecule has 0 aromatic heterocycles. The summed E-state index contributed by atoms with van der Waals surface area (Å²) in [5, 5.41) is 0. The maximum Gasteiger partial charge on any atom is 0.229 e. The number of sulfone groups is 1. The first kappa shape index (κ1) is 20.4. The first-order valence-corrected chi connectivity index (χ1v) is 12.4. The molecule has 4 aromatic carbocycles. The standard InChI is InChI=1S/C28H22O4S/c29-33(30,27(23-17-9-3-10-18-23)25(31-27)21-13-5-1-6-14-21)28(24-19-11-4-12-20-24)26(32-28)22-15-7-2-8-16-22/h1-20,25-26H. The Morgan fingerprint density at radius 1 is 0.485 bits per heavy atom. The molecule has 2 aliphatic heterocycles. The highest BCUT2D eigenvalue weighted by atomic mass is 32.2. The highest BCUT2D eigenvalue weighted by Gasteiger charge is 2.81. The molecule has 0 aliphatic carbocycles. The molecule has 4 unspecified atom stereocenters. The molecule has 0 saturated carbocycles. The summed E-state index contributed by atoms with van der Waals surface area (Å²) in [6.07, 6.45) is -1.24. The zero-order valence-electron chi connectivity index (χ0n) is 17.7. The normalized spacial score (nSPS) is 28.2. The second-order valence-electron chi connectivity index (χ2n) is 8.39. The second kappa shape index (κ2) is 7.39. The Bertz CT molecular complexity index is 1270. The van der Waals surface area contributed by atoms with Gasteiger partial charge >= 0.3 is 0 Å². The molecule has 0 radical (unpaired) electrons. The molecule has 33 heavy (non-hydrogen) atoms. The third-order valence-corrected chi connectivity index (χ3v) is 9.21. The molecule has 6 rings (SSSR count). The van der Waals surface area contributed by atoms with E-state index in [-0.39, 0.29) is 0 Å². The first-order chi connectivity index (χ1) is 16.1. The molecule has 4 atom stereocenters. The van der Waals surface area contributed by atoms with Crippen molar-refractivity contribution < 1.29 is 17.9 Å². The van der Waals surface area contributed by atoms with E-state index in [1.54, 1.807) is 0 Å². The minimum atomic E-state index is -4.06. The smallest absolute Gasteiger partial charge is 0.229 e. The fourth-order valence-corrected chi connectivity index (χ4v) is 7.46. The van der Waals surface area contributed by atoms with Crippen LogP contribution in [0.5, 0.6) is 0 Å². The largest absolute Gasteiger partial charge is 0.340 e. The average Bonchev–Trinajstić information content (AvgIpc) is 3.80. The minimum absolute atomic E-state index is 0.608. The van der Waals surface area contributed by atoms with Crippen molar-refractivity contribution in [2.75, 3.05) is 0 Å². The van der Waals surface area contributed by atoms with Crippen molar-refractivity contribution in [2.24, 2.45) is 0 Å². The molecule has 0 bridgehead atoms.